The van der Waals surface area contributed by atoms with Crippen molar-refractivity contribution in [2.75, 3.05) is 0 Å². The molecule has 5 heteroatoms. The molecule has 1 aromatic carbocycles. The van der Waals surface area contributed by atoms with Crippen LogP contribution < -0.4 is 5.56 Å². The molecule has 0 aliphatic carbocycles. The molecule has 0 fully saturated rings. The molecule has 1 N–H and O–H groups in total. The number of nitrogens with one attached hydrogen (secondary N) is 1. The fraction of sp³-hybridized carbons (Fsp3) is 0.167. The second-order valence-electron chi connectivity index (χ2n) is 3.75. The molecule has 0 atom stereocenters. The number of hydrogen-bond donors (Lipinski definition) is 1. The van der Waals surface area contributed by atoms with E-state index in [4.69, 9.17) is 23.2 Å². The third-order valence-electron chi connectivity index (χ3n) is 2.53. The molecule has 1 aromatic heterocycles. The highest BCUT2D eigenvalue weighted by Crippen LogP contribution is 2.26. The summed E-state index contributed by atoms with van der Waals surface area (Å²) >= 11 is 11.7. The van der Waals surface area contributed by atoms with Gasteiger partial charge in [-0.15, -0.1) is 0 Å². The molecule has 2 rings (SSSR count). The molecule has 2 aromatic rings. The van der Waals surface area contributed by atoms with E-state index in [1.165, 1.54) is 0 Å². The van der Waals surface area contributed by atoms with Crippen LogP contribution in [0.25, 0.3) is 11.3 Å². The van der Waals surface area contributed by atoms with Crippen LogP contribution in [0.3, 0.4) is 0 Å². The Balaban J connectivity index is 2.64. The van der Waals surface area contributed by atoms with Crippen LogP contribution in [0.1, 0.15) is 11.4 Å². The van der Waals surface area contributed by atoms with Crippen molar-refractivity contribution < 1.29 is 0 Å². The Morgan fingerprint density at radius 1 is 1.18 bits per heavy atom. The Kier molecular flexibility index (Phi) is 3.22. The van der Waals surface area contributed by atoms with Crippen LogP contribution in [0.2, 0.25) is 10.0 Å². The minimum atomic E-state index is -0.230. The van der Waals surface area contributed by atoms with Crippen LogP contribution in [0.4, 0.5) is 0 Å². The molecular weight excluding hydrogens is 259 g/mol. The van der Waals surface area contributed by atoms with Gasteiger partial charge in [-0.1, -0.05) is 29.3 Å². The van der Waals surface area contributed by atoms with Crippen LogP contribution >= 0.6 is 23.2 Å². The maximum absolute atomic E-state index is 11.8. The number of benzene rings is 1. The summed E-state index contributed by atoms with van der Waals surface area (Å²) in [7, 11) is 0. The van der Waals surface area contributed by atoms with E-state index >= 15 is 0 Å². The standard InChI is InChI=1S/C12H10Cl2N2O/c1-6-7(2)16-12(17)11(15-6)8-3-4-9(13)10(14)5-8/h3-5H,1-2H3,(H,16,17). The van der Waals surface area contributed by atoms with Crippen LogP contribution in [-0.2, 0) is 0 Å². The van der Waals surface area contributed by atoms with E-state index in [1.807, 2.05) is 13.8 Å². The Labute approximate surface area is 108 Å². The maximum Gasteiger partial charge on any atom is 0.274 e. The normalized spacial score (nSPS) is 10.6. The van der Waals surface area contributed by atoms with E-state index in [2.05, 4.69) is 9.97 Å². The highest BCUT2D eigenvalue weighted by atomic mass is 35.5. The van der Waals surface area contributed by atoms with Crippen LogP contribution in [0, 0.1) is 13.8 Å². The van der Waals surface area contributed by atoms with Crippen molar-refractivity contribution in [3.05, 3.63) is 50.0 Å². The number of halogens is 2. The summed E-state index contributed by atoms with van der Waals surface area (Å²) in [5, 5.41) is 0.860. The Bertz CT molecular complexity index is 635. The van der Waals surface area contributed by atoms with Gasteiger partial charge in [0.25, 0.3) is 5.56 Å². The molecule has 0 unspecified atom stereocenters. The predicted octanol–water partition coefficient (Wildman–Crippen LogP) is 3.36. The predicted molar refractivity (Wildman–Crippen MR) is 69.8 cm³/mol. The second-order valence-corrected chi connectivity index (χ2v) is 4.57. The molecule has 0 aliphatic rings. The van der Waals surface area contributed by atoms with E-state index in [1.54, 1.807) is 18.2 Å². The van der Waals surface area contributed by atoms with Gasteiger partial charge < -0.3 is 4.98 Å². The lowest BCUT2D eigenvalue weighted by Crippen LogP contribution is -2.14. The summed E-state index contributed by atoms with van der Waals surface area (Å²) in [6, 6.07) is 5.01. The first-order valence-corrected chi connectivity index (χ1v) is 5.77. The topological polar surface area (TPSA) is 45.8 Å². The Hall–Kier alpha value is -1.32. The maximum atomic E-state index is 11.8. The van der Waals surface area contributed by atoms with Crippen molar-refractivity contribution in [1.82, 2.24) is 9.97 Å². The van der Waals surface area contributed by atoms with Gasteiger partial charge in [-0.2, -0.15) is 0 Å². The zero-order valence-corrected chi connectivity index (χ0v) is 10.9. The van der Waals surface area contributed by atoms with Gasteiger partial charge >= 0.3 is 0 Å². The fourth-order valence-corrected chi connectivity index (χ4v) is 1.76. The average molecular weight is 269 g/mol. The number of hydrogen-bond acceptors (Lipinski definition) is 2. The number of aryl methyl sites for hydroxylation is 2. The van der Waals surface area contributed by atoms with Gasteiger partial charge in [-0.3, -0.25) is 4.79 Å². The molecule has 3 nitrogen and oxygen atoms in total. The summed E-state index contributed by atoms with van der Waals surface area (Å²) in [6.07, 6.45) is 0. The molecule has 0 saturated heterocycles. The van der Waals surface area contributed by atoms with Crippen molar-refractivity contribution >= 4 is 23.2 Å². The van der Waals surface area contributed by atoms with Gasteiger partial charge in [0.15, 0.2) is 0 Å². The molecular formula is C12H10Cl2N2O. The van der Waals surface area contributed by atoms with Gasteiger partial charge in [0.05, 0.1) is 15.7 Å². The van der Waals surface area contributed by atoms with Crippen LogP contribution in [-0.4, -0.2) is 9.97 Å². The molecule has 0 saturated carbocycles. The second kappa shape index (κ2) is 4.51. The van der Waals surface area contributed by atoms with E-state index in [-0.39, 0.29) is 5.56 Å². The zero-order chi connectivity index (χ0) is 12.6. The van der Waals surface area contributed by atoms with Crippen molar-refractivity contribution in [2.45, 2.75) is 13.8 Å². The van der Waals surface area contributed by atoms with E-state index in [9.17, 15) is 4.79 Å². The van der Waals surface area contributed by atoms with Gasteiger partial charge in [0, 0.05) is 11.3 Å². The highest BCUT2D eigenvalue weighted by molar-refractivity contribution is 6.42. The fourth-order valence-electron chi connectivity index (χ4n) is 1.46. The molecule has 0 amide bonds. The first-order chi connectivity index (χ1) is 7.99. The Morgan fingerprint density at radius 2 is 1.88 bits per heavy atom. The summed E-state index contributed by atoms with van der Waals surface area (Å²) in [5.74, 6) is 0. The van der Waals surface area contributed by atoms with Gasteiger partial charge in [0.1, 0.15) is 5.69 Å². The van der Waals surface area contributed by atoms with Crippen LogP contribution in [0.5, 0.6) is 0 Å². The van der Waals surface area contributed by atoms with E-state index in [0.29, 0.717) is 21.3 Å². The average Bonchev–Trinajstić information content (AvgIpc) is 2.27. The highest BCUT2D eigenvalue weighted by Gasteiger charge is 2.09. The molecule has 88 valence electrons. The number of aromatic nitrogens is 2. The van der Waals surface area contributed by atoms with Gasteiger partial charge in [-0.05, 0) is 26.0 Å². The molecule has 0 radical (unpaired) electrons. The summed E-state index contributed by atoms with van der Waals surface area (Å²) in [5.41, 5.74) is 2.33. The lowest BCUT2D eigenvalue weighted by Gasteiger charge is -2.05. The zero-order valence-electron chi connectivity index (χ0n) is 9.34. The molecule has 0 aliphatic heterocycles. The van der Waals surface area contributed by atoms with Crippen molar-refractivity contribution in [3.8, 4) is 11.3 Å². The Morgan fingerprint density at radius 3 is 2.53 bits per heavy atom. The largest absolute Gasteiger partial charge is 0.323 e. The van der Waals surface area contributed by atoms with Gasteiger partial charge in [0.2, 0.25) is 0 Å². The lowest BCUT2D eigenvalue weighted by molar-refractivity contribution is 1.02. The number of nitrogens with zero attached hydrogens (tertiary/aromatic N) is 1. The summed E-state index contributed by atoms with van der Waals surface area (Å²) in [4.78, 5) is 18.8. The third-order valence-corrected chi connectivity index (χ3v) is 3.27. The monoisotopic (exact) mass is 268 g/mol. The molecule has 1 heterocycles. The number of H-pyrrole nitrogens is 1. The van der Waals surface area contributed by atoms with E-state index < -0.39 is 0 Å². The van der Waals surface area contributed by atoms with Gasteiger partial charge in [-0.25, -0.2) is 4.98 Å². The molecule has 17 heavy (non-hydrogen) atoms. The summed E-state index contributed by atoms with van der Waals surface area (Å²) in [6.45, 7) is 3.65. The van der Waals surface area contributed by atoms with Crippen molar-refractivity contribution in [3.63, 3.8) is 0 Å². The SMILES string of the molecule is Cc1nc(-c2ccc(Cl)c(Cl)c2)c(=O)[nH]c1C. The molecule has 0 bridgehead atoms. The van der Waals surface area contributed by atoms with Crippen molar-refractivity contribution in [2.24, 2.45) is 0 Å². The first kappa shape index (κ1) is 12.1. The first-order valence-electron chi connectivity index (χ1n) is 5.02. The lowest BCUT2D eigenvalue weighted by atomic mass is 10.1. The number of aromatic amines is 1. The number of rotatable bonds is 1. The summed E-state index contributed by atoms with van der Waals surface area (Å²) < 4.78 is 0. The smallest absolute Gasteiger partial charge is 0.274 e. The minimum Gasteiger partial charge on any atom is -0.323 e. The van der Waals surface area contributed by atoms with Crippen molar-refractivity contribution in [1.29, 1.82) is 0 Å². The van der Waals surface area contributed by atoms with E-state index in [0.717, 1.165) is 11.4 Å². The minimum absolute atomic E-state index is 0.230. The quantitative estimate of drug-likeness (QED) is 0.862. The van der Waals surface area contributed by atoms with Crippen LogP contribution in [0.15, 0.2) is 23.0 Å². The third kappa shape index (κ3) is 2.35. The molecule has 0 spiro atoms.